The Morgan fingerprint density at radius 1 is 0.809 bits per heavy atom. The fraction of sp³-hybridized carbons (Fsp3) is 0.297. The number of nitrogens with one attached hydrogen (secondary N) is 1. The van der Waals surface area contributed by atoms with Crippen LogP contribution in [-0.2, 0) is 32.6 Å². The average molecular weight is 693 g/mol. The van der Waals surface area contributed by atoms with Crippen molar-refractivity contribution in [2.45, 2.75) is 69.0 Å². The van der Waals surface area contributed by atoms with E-state index in [1.807, 2.05) is 43.3 Å². The van der Waals surface area contributed by atoms with Gasteiger partial charge in [0.2, 0.25) is 11.8 Å². The van der Waals surface area contributed by atoms with Crippen molar-refractivity contribution < 1.29 is 18.0 Å². The molecule has 4 aromatic carbocycles. The monoisotopic (exact) mass is 691 g/mol. The Kier molecular flexibility index (Phi) is 11.6. The van der Waals surface area contributed by atoms with Gasteiger partial charge in [-0.2, -0.15) is 0 Å². The van der Waals surface area contributed by atoms with E-state index in [4.69, 9.17) is 23.2 Å². The predicted molar refractivity (Wildman–Crippen MR) is 188 cm³/mol. The fourth-order valence-corrected chi connectivity index (χ4v) is 7.66. The number of aryl methyl sites for hydroxylation is 1. The largest absolute Gasteiger partial charge is 0.352 e. The van der Waals surface area contributed by atoms with Crippen molar-refractivity contribution in [3.63, 3.8) is 0 Å². The van der Waals surface area contributed by atoms with E-state index in [0.717, 1.165) is 47.5 Å². The molecule has 0 aromatic heterocycles. The van der Waals surface area contributed by atoms with Crippen LogP contribution in [0.5, 0.6) is 0 Å². The van der Waals surface area contributed by atoms with Gasteiger partial charge in [-0.15, -0.1) is 0 Å². The number of anilines is 1. The van der Waals surface area contributed by atoms with Gasteiger partial charge < -0.3 is 10.2 Å². The van der Waals surface area contributed by atoms with E-state index < -0.39 is 28.5 Å². The number of carbonyl (C=O) groups is 2. The van der Waals surface area contributed by atoms with Crippen molar-refractivity contribution in [3.05, 3.63) is 130 Å². The third kappa shape index (κ3) is 9.15. The molecule has 1 aliphatic carbocycles. The van der Waals surface area contributed by atoms with Gasteiger partial charge in [-0.3, -0.25) is 13.9 Å². The van der Waals surface area contributed by atoms with Crippen LogP contribution in [0.4, 0.5) is 5.69 Å². The van der Waals surface area contributed by atoms with E-state index in [1.165, 1.54) is 17.0 Å². The molecule has 10 heteroatoms. The standard InChI is InChI=1S/C37H39Cl2N3O4S/c1-27-15-21-34(22-16-27)47(45,46)42(33-19-17-30(38)18-20-33)26-36(43)41(25-29-11-8-12-31(39)23-29)35(24-28-9-4-2-5-10-28)37(44)40-32-13-6-3-7-14-32/h2,4-5,8-12,15-23,32,35H,3,6-7,13-14,24-26H2,1H3,(H,40,44)/t35-/m0/s1. The molecule has 0 aliphatic heterocycles. The van der Waals surface area contributed by atoms with E-state index in [9.17, 15) is 18.0 Å². The van der Waals surface area contributed by atoms with Gasteiger partial charge in [-0.05, 0) is 79.4 Å². The molecule has 2 amide bonds. The minimum absolute atomic E-state index is 0.0186. The molecule has 5 rings (SSSR count). The number of sulfonamides is 1. The topological polar surface area (TPSA) is 86.8 Å². The summed E-state index contributed by atoms with van der Waals surface area (Å²) in [6.45, 7) is 1.38. The Morgan fingerprint density at radius 3 is 2.13 bits per heavy atom. The number of benzene rings is 4. The molecule has 246 valence electrons. The molecule has 1 saturated carbocycles. The van der Waals surface area contributed by atoms with E-state index in [1.54, 1.807) is 54.6 Å². The van der Waals surface area contributed by atoms with Crippen LogP contribution < -0.4 is 9.62 Å². The highest BCUT2D eigenvalue weighted by atomic mass is 35.5. The van der Waals surface area contributed by atoms with Crippen molar-refractivity contribution >= 4 is 50.7 Å². The first kappa shape index (κ1) is 34.5. The zero-order valence-corrected chi connectivity index (χ0v) is 28.6. The minimum atomic E-state index is -4.20. The Labute approximate surface area is 287 Å². The van der Waals surface area contributed by atoms with Crippen molar-refractivity contribution in [1.29, 1.82) is 0 Å². The second-order valence-corrected chi connectivity index (χ2v) is 14.7. The lowest BCUT2D eigenvalue weighted by atomic mass is 9.94. The minimum Gasteiger partial charge on any atom is -0.352 e. The molecule has 0 bridgehead atoms. The normalized spacial score (nSPS) is 14.3. The lowest BCUT2D eigenvalue weighted by Gasteiger charge is -2.35. The molecule has 7 nitrogen and oxygen atoms in total. The maximum Gasteiger partial charge on any atom is 0.264 e. The third-order valence-corrected chi connectivity index (χ3v) is 10.7. The van der Waals surface area contributed by atoms with Gasteiger partial charge in [0.15, 0.2) is 0 Å². The summed E-state index contributed by atoms with van der Waals surface area (Å²) < 4.78 is 29.4. The number of hydrogen-bond donors (Lipinski definition) is 1. The first-order chi connectivity index (χ1) is 22.6. The van der Waals surface area contributed by atoms with Crippen LogP contribution in [0.15, 0.2) is 108 Å². The van der Waals surface area contributed by atoms with Gasteiger partial charge >= 0.3 is 0 Å². The average Bonchev–Trinajstić information content (AvgIpc) is 3.06. The zero-order valence-electron chi connectivity index (χ0n) is 26.3. The summed E-state index contributed by atoms with van der Waals surface area (Å²) in [4.78, 5) is 30.3. The Bertz CT molecular complexity index is 1760. The van der Waals surface area contributed by atoms with Gasteiger partial charge in [0.05, 0.1) is 10.6 Å². The Hall–Kier alpha value is -3.85. The van der Waals surface area contributed by atoms with E-state index in [0.29, 0.717) is 15.6 Å². The van der Waals surface area contributed by atoms with Crippen LogP contribution in [-0.4, -0.2) is 43.8 Å². The molecule has 1 N–H and O–H groups in total. The lowest BCUT2D eigenvalue weighted by Crippen LogP contribution is -2.55. The zero-order chi connectivity index (χ0) is 33.4. The fourth-order valence-electron chi connectivity index (χ4n) is 5.90. The quantitative estimate of drug-likeness (QED) is 0.166. The second-order valence-electron chi connectivity index (χ2n) is 12.0. The van der Waals surface area contributed by atoms with Crippen molar-refractivity contribution in [1.82, 2.24) is 10.2 Å². The van der Waals surface area contributed by atoms with Gasteiger partial charge in [-0.25, -0.2) is 8.42 Å². The highest BCUT2D eigenvalue weighted by Crippen LogP contribution is 2.27. The summed E-state index contributed by atoms with van der Waals surface area (Å²) in [5, 5.41) is 4.14. The molecule has 0 spiro atoms. The number of amides is 2. The highest BCUT2D eigenvalue weighted by Gasteiger charge is 2.35. The first-order valence-corrected chi connectivity index (χ1v) is 18.0. The maximum absolute atomic E-state index is 14.6. The maximum atomic E-state index is 14.6. The predicted octanol–water partition coefficient (Wildman–Crippen LogP) is 7.59. The number of carbonyl (C=O) groups excluding carboxylic acids is 2. The van der Waals surface area contributed by atoms with E-state index in [2.05, 4.69) is 5.32 Å². The smallest absolute Gasteiger partial charge is 0.264 e. The van der Waals surface area contributed by atoms with Crippen LogP contribution in [0, 0.1) is 6.92 Å². The van der Waals surface area contributed by atoms with Gasteiger partial charge in [-0.1, -0.05) is 103 Å². The van der Waals surface area contributed by atoms with Crippen LogP contribution in [0.2, 0.25) is 10.0 Å². The summed E-state index contributed by atoms with van der Waals surface area (Å²) in [6, 6.07) is 28.5. The van der Waals surface area contributed by atoms with Gasteiger partial charge in [0.1, 0.15) is 12.6 Å². The SMILES string of the molecule is Cc1ccc(S(=O)(=O)N(CC(=O)N(Cc2cccc(Cl)c2)[C@@H](Cc2ccccc2)C(=O)NC2CCCCC2)c2ccc(Cl)cc2)cc1. The van der Waals surface area contributed by atoms with Gasteiger partial charge in [0.25, 0.3) is 10.0 Å². The number of rotatable bonds is 12. The van der Waals surface area contributed by atoms with Crippen LogP contribution in [0.25, 0.3) is 0 Å². The molecule has 0 saturated heterocycles. The molecule has 1 fully saturated rings. The first-order valence-electron chi connectivity index (χ1n) is 15.8. The van der Waals surface area contributed by atoms with Crippen molar-refractivity contribution in [2.75, 3.05) is 10.8 Å². The third-order valence-electron chi connectivity index (χ3n) is 8.47. The van der Waals surface area contributed by atoms with Crippen molar-refractivity contribution in [3.8, 4) is 0 Å². The Balaban J connectivity index is 1.56. The molecular weight excluding hydrogens is 653 g/mol. The molecule has 0 unspecified atom stereocenters. The second kappa shape index (κ2) is 15.8. The van der Waals surface area contributed by atoms with E-state index in [-0.39, 0.29) is 35.5 Å². The molecule has 1 aliphatic rings. The summed E-state index contributed by atoms with van der Waals surface area (Å²) in [5.41, 5.74) is 2.77. The molecule has 1 atom stereocenters. The number of hydrogen-bond acceptors (Lipinski definition) is 4. The van der Waals surface area contributed by atoms with Crippen LogP contribution in [0.3, 0.4) is 0 Å². The van der Waals surface area contributed by atoms with E-state index >= 15 is 0 Å². The number of halogens is 2. The van der Waals surface area contributed by atoms with Crippen LogP contribution >= 0.6 is 23.2 Å². The van der Waals surface area contributed by atoms with Gasteiger partial charge in [0, 0.05) is 29.1 Å². The molecule has 0 radical (unpaired) electrons. The van der Waals surface area contributed by atoms with Crippen LogP contribution in [0.1, 0.15) is 48.8 Å². The highest BCUT2D eigenvalue weighted by molar-refractivity contribution is 7.92. The molecular formula is C37H39Cl2N3O4S. The Morgan fingerprint density at radius 2 is 1.47 bits per heavy atom. The summed E-state index contributed by atoms with van der Waals surface area (Å²) in [5.74, 6) is -0.800. The summed E-state index contributed by atoms with van der Waals surface area (Å²) in [7, 11) is -4.20. The molecule has 4 aromatic rings. The number of nitrogens with zero attached hydrogens (tertiary/aromatic N) is 2. The lowest BCUT2D eigenvalue weighted by molar-refractivity contribution is -0.140. The van der Waals surface area contributed by atoms with Crippen molar-refractivity contribution in [2.24, 2.45) is 0 Å². The molecule has 47 heavy (non-hydrogen) atoms. The summed E-state index contributed by atoms with van der Waals surface area (Å²) in [6.07, 6.45) is 5.21. The summed E-state index contributed by atoms with van der Waals surface area (Å²) >= 11 is 12.5. The molecule has 0 heterocycles.